The van der Waals surface area contributed by atoms with Gasteiger partial charge in [0.25, 0.3) is 5.91 Å². The summed E-state index contributed by atoms with van der Waals surface area (Å²) in [5, 5.41) is 11.1. The lowest BCUT2D eigenvalue weighted by Crippen LogP contribution is -2.50. The van der Waals surface area contributed by atoms with E-state index in [4.69, 9.17) is 11.6 Å². The number of halogens is 1. The molecule has 0 radical (unpaired) electrons. The van der Waals surface area contributed by atoms with Crippen molar-refractivity contribution in [3.05, 3.63) is 40.4 Å². The SMILES string of the molecule is O=C(CN1CCN(C(=O)c2ccccc2Cl)CC1)Nc1nncs1. The highest BCUT2D eigenvalue weighted by atomic mass is 35.5. The van der Waals surface area contributed by atoms with Gasteiger partial charge in [-0.3, -0.25) is 19.8 Å². The van der Waals surface area contributed by atoms with Crippen LogP contribution in [-0.4, -0.2) is 64.5 Å². The van der Waals surface area contributed by atoms with Crippen molar-refractivity contribution in [3.8, 4) is 0 Å². The number of rotatable bonds is 4. The molecule has 1 aromatic heterocycles. The van der Waals surface area contributed by atoms with Crippen LogP contribution < -0.4 is 5.32 Å². The molecule has 7 nitrogen and oxygen atoms in total. The summed E-state index contributed by atoms with van der Waals surface area (Å²) >= 11 is 7.36. The first-order chi connectivity index (χ1) is 11.6. The minimum atomic E-state index is -0.127. The fourth-order valence-electron chi connectivity index (χ4n) is 2.50. The zero-order valence-electron chi connectivity index (χ0n) is 12.8. The number of piperazine rings is 1. The third kappa shape index (κ3) is 4.08. The molecule has 0 unspecified atom stereocenters. The molecule has 0 aliphatic carbocycles. The minimum absolute atomic E-state index is 0.0708. The van der Waals surface area contributed by atoms with Crippen LogP contribution in [0.5, 0.6) is 0 Å². The van der Waals surface area contributed by atoms with Gasteiger partial charge in [-0.2, -0.15) is 0 Å². The summed E-state index contributed by atoms with van der Waals surface area (Å²) in [6.07, 6.45) is 0. The van der Waals surface area contributed by atoms with Crippen molar-refractivity contribution in [2.24, 2.45) is 0 Å². The van der Waals surface area contributed by atoms with Crippen LogP contribution in [0, 0.1) is 0 Å². The van der Waals surface area contributed by atoms with Gasteiger partial charge in [0.05, 0.1) is 17.1 Å². The number of anilines is 1. The lowest BCUT2D eigenvalue weighted by Gasteiger charge is -2.34. The Bertz CT molecular complexity index is 716. The molecule has 126 valence electrons. The molecule has 1 fully saturated rings. The number of hydrogen-bond donors (Lipinski definition) is 1. The molecule has 1 aliphatic rings. The van der Waals surface area contributed by atoms with E-state index in [1.54, 1.807) is 34.7 Å². The van der Waals surface area contributed by atoms with Crippen molar-refractivity contribution >= 4 is 39.9 Å². The van der Waals surface area contributed by atoms with E-state index in [1.165, 1.54) is 11.3 Å². The summed E-state index contributed by atoms with van der Waals surface area (Å²) in [6, 6.07) is 7.04. The van der Waals surface area contributed by atoms with Crippen molar-refractivity contribution in [3.63, 3.8) is 0 Å². The number of carbonyl (C=O) groups is 2. The van der Waals surface area contributed by atoms with Crippen molar-refractivity contribution < 1.29 is 9.59 Å². The van der Waals surface area contributed by atoms with Gasteiger partial charge in [0.15, 0.2) is 0 Å². The molecule has 0 spiro atoms. The maximum atomic E-state index is 12.5. The van der Waals surface area contributed by atoms with Crippen LogP contribution in [0.3, 0.4) is 0 Å². The highest BCUT2D eigenvalue weighted by Gasteiger charge is 2.24. The van der Waals surface area contributed by atoms with Crippen LogP contribution in [0.25, 0.3) is 0 Å². The van der Waals surface area contributed by atoms with Crippen molar-refractivity contribution in [2.75, 3.05) is 38.0 Å². The van der Waals surface area contributed by atoms with Gasteiger partial charge in [-0.1, -0.05) is 35.1 Å². The smallest absolute Gasteiger partial charge is 0.255 e. The second-order valence-corrected chi connectivity index (χ2v) is 6.58. The third-order valence-electron chi connectivity index (χ3n) is 3.74. The van der Waals surface area contributed by atoms with E-state index in [2.05, 4.69) is 15.5 Å². The van der Waals surface area contributed by atoms with E-state index >= 15 is 0 Å². The van der Waals surface area contributed by atoms with E-state index in [1.807, 2.05) is 4.90 Å². The van der Waals surface area contributed by atoms with Gasteiger partial charge in [-0.05, 0) is 12.1 Å². The minimum Gasteiger partial charge on any atom is -0.336 e. The quantitative estimate of drug-likeness (QED) is 0.890. The predicted octanol–water partition coefficient (Wildman–Crippen LogP) is 1.59. The monoisotopic (exact) mass is 365 g/mol. The summed E-state index contributed by atoms with van der Waals surface area (Å²) in [5.41, 5.74) is 2.08. The van der Waals surface area contributed by atoms with Gasteiger partial charge in [0.2, 0.25) is 11.0 Å². The average Bonchev–Trinajstić information content (AvgIpc) is 3.08. The molecule has 9 heteroatoms. The molecule has 0 bridgehead atoms. The van der Waals surface area contributed by atoms with Crippen LogP contribution >= 0.6 is 22.9 Å². The first-order valence-electron chi connectivity index (χ1n) is 7.45. The van der Waals surface area contributed by atoms with E-state index in [0.29, 0.717) is 41.9 Å². The maximum absolute atomic E-state index is 12.5. The summed E-state index contributed by atoms with van der Waals surface area (Å²) in [5.74, 6) is -0.198. The molecule has 0 saturated carbocycles. The molecule has 3 rings (SSSR count). The van der Waals surface area contributed by atoms with Crippen LogP contribution in [0.4, 0.5) is 5.13 Å². The summed E-state index contributed by atoms with van der Waals surface area (Å²) in [7, 11) is 0. The number of nitrogens with zero attached hydrogens (tertiary/aromatic N) is 4. The number of aromatic nitrogens is 2. The highest BCUT2D eigenvalue weighted by Crippen LogP contribution is 2.18. The molecule has 24 heavy (non-hydrogen) atoms. The second kappa shape index (κ2) is 7.69. The maximum Gasteiger partial charge on any atom is 0.255 e. The zero-order chi connectivity index (χ0) is 16.9. The Morgan fingerprint density at radius 3 is 2.62 bits per heavy atom. The predicted molar refractivity (Wildman–Crippen MR) is 92.3 cm³/mol. The Morgan fingerprint density at radius 1 is 1.21 bits per heavy atom. The Kier molecular flexibility index (Phi) is 5.39. The van der Waals surface area contributed by atoms with Crippen molar-refractivity contribution in [1.29, 1.82) is 0 Å². The van der Waals surface area contributed by atoms with Gasteiger partial charge in [-0.15, -0.1) is 10.2 Å². The molecule has 1 aliphatic heterocycles. The summed E-state index contributed by atoms with van der Waals surface area (Å²) in [4.78, 5) is 28.2. The molecule has 1 aromatic carbocycles. The lowest BCUT2D eigenvalue weighted by atomic mass is 10.2. The van der Waals surface area contributed by atoms with Crippen LogP contribution in [-0.2, 0) is 4.79 Å². The Morgan fingerprint density at radius 2 is 1.96 bits per heavy atom. The number of nitrogens with one attached hydrogen (secondary N) is 1. The largest absolute Gasteiger partial charge is 0.336 e. The van der Waals surface area contributed by atoms with Crippen LogP contribution in [0.15, 0.2) is 29.8 Å². The molecule has 2 amide bonds. The van der Waals surface area contributed by atoms with Crippen LogP contribution in [0.1, 0.15) is 10.4 Å². The molecular formula is C15H16ClN5O2S. The van der Waals surface area contributed by atoms with E-state index in [-0.39, 0.29) is 18.4 Å². The number of amides is 2. The Labute approximate surface area is 148 Å². The number of hydrogen-bond acceptors (Lipinski definition) is 6. The van der Waals surface area contributed by atoms with Gasteiger partial charge < -0.3 is 4.90 Å². The summed E-state index contributed by atoms with van der Waals surface area (Å²) < 4.78 is 0. The normalized spacial score (nSPS) is 15.3. The average molecular weight is 366 g/mol. The van der Waals surface area contributed by atoms with Gasteiger partial charge in [-0.25, -0.2) is 0 Å². The number of benzene rings is 1. The van der Waals surface area contributed by atoms with Crippen molar-refractivity contribution in [2.45, 2.75) is 0 Å². The van der Waals surface area contributed by atoms with E-state index < -0.39 is 0 Å². The van der Waals surface area contributed by atoms with E-state index in [0.717, 1.165) is 0 Å². The third-order valence-corrected chi connectivity index (χ3v) is 4.67. The van der Waals surface area contributed by atoms with Crippen molar-refractivity contribution in [1.82, 2.24) is 20.0 Å². The first-order valence-corrected chi connectivity index (χ1v) is 8.71. The van der Waals surface area contributed by atoms with Gasteiger partial charge >= 0.3 is 0 Å². The standard InChI is InChI=1S/C15H16ClN5O2S/c16-12-4-2-1-3-11(12)14(23)21-7-5-20(6-8-21)9-13(22)18-15-19-17-10-24-15/h1-4,10H,5-9H2,(H,18,19,22). The Hall–Kier alpha value is -2.03. The highest BCUT2D eigenvalue weighted by molar-refractivity contribution is 7.13. The fourth-order valence-corrected chi connectivity index (χ4v) is 3.18. The van der Waals surface area contributed by atoms with Crippen LogP contribution in [0.2, 0.25) is 5.02 Å². The Balaban J connectivity index is 1.50. The van der Waals surface area contributed by atoms with Gasteiger partial charge in [0, 0.05) is 26.2 Å². The lowest BCUT2D eigenvalue weighted by molar-refractivity contribution is -0.117. The van der Waals surface area contributed by atoms with Gasteiger partial charge in [0.1, 0.15) is 5.51 Å². The fraction of sp³-hybridized carbons (Fsp3) is 0.333. The molecular weight excluding hydrogens is 350 g/mol. The molecule has 2 aromatic rings. The zero-order valence-corrected chi connectivity index (χ0v) is 14.4. The topological polar surface area (TPSA) is 78.4 Å². The molecule has 0 atom stereocenters. The number of carbonyl (C=O) groups excluding carboxylic acids is 2. The molecule has 1 N–H and O–H groups in total. The molecule has 2 heterocycles. The van der Waals surface area contributed by atoms with E-state index in [9.17, 15) is 9.59 Å². The molecule has 1 saturated heterocycles. The second-order valence-electron chi connectivity index (χ2n) is 5.34. The summed E-state index contributed by atoms with van der Waals surface area (Å²) in [6.45, 7) is 2.68. The first kappa shape index (κ1) is 16.8.